The maximum Gasteiger partial charge on any atom is 0.150 e. The zero-order valence-corrected chi connectivity index (χ0v) is 11.8. The van der Waals surface area contributed by atoms with Gasteiger partial charge in [0.05, 0.1) is 10.2 Å². The van der Waals surface area contributed by atoms with Crippen molar-refractivity contribution in [2.24, 2.45) is 5.73 Å². The summed E-state index contributed by atoms with van der Waals surface area (Å²) in [7, 11) is 0. The third-order valence-corrected chi connectivity index (χ3v) is 4.46. The molecular formula is C13H19N5S. The van der Waals surface area contributed by atoms with Crippen molar-refractivity contribution < 1.29 is 0 Å². The van der Waals surface area contributed by atoms with E-state index in [4.69, 9.17) is 5.73 Å². The number of anilines is 1. The van der Waals surface area contributed by atoms with E-state index in [1.807, 2.05) is 0 Å². The molecule has 0 bridgehead atoms. The van der Waals surface area contributed by atoms with E-state index in [0.717, 1.165) is 57.0 Å². The lowest BCUT2D eigenvalue weighted by Gasteiger charge is -2.22. The first-order valence-corrected chi connectivity index (χ1v) is 7.62. The van der Waals surface area contributed by atoms with Crippen LogP contribution in [0.4, 0.5) is 5.82 Å². The first kappa shape index (κ1) is 12.8. The van der Waals surface area contributed by atoms with Gasteiger partial charge >= 0.3 is 0 Å². The molecule has 2 aromatic rings. The fourth-order valence-corrected chi connectivity index (χ4v) is 3.45. The fourth-order valence-electron chi connectivity index (χ4n) is 2.59. The van der Waals surface area contributed by atoms with Crippen LogP contribution in [0.1, 0.15) is 6.42 Å². The molecule has 0 unspecified atom stereocenters. The van der Waals surface area contributed by atoms with Crippen molar-refractivity contribution in [1.29, 1.82) is 0 Å². The van der Waals surface area contributed by atoms with Crippen LogP contribution in [0.5, 0.6) is 0 Å². The molecule has 19 heavy (non-hydrogen) atoms. The summed E-state index contributed by atoms with van der Waals surface area (Å²) in [4.78, 5) is 13.6. The molecule has 3 rings (SSSR count). The minimum atomic E-state index is 0.739. The molecule has 0 atom stereocenters. The summed E-state index contributed by atoms with van der Waals surface area (Å²) >= 11 is 1.73. The number of nitrogens with two attached hydrogens (primary N) is 1. The van der Waals surface area contributed by atoms with Gasteiger partial charge in [0.2, 0.25) is 0 Å². The van der Waals surface area contributed by atoms with E-state index in [9.17, 15) is 0 Å². The van der Waals surface area contributed by atoms with Crippen molar-refractivity contribution in [3.8, 4) is 0 Å². The normalized spacial score (nSPS) is 17.8. The monoisotopic (exact) mass is 277 g/mol. The number of fused-ring (bicyclic) bond motifs is 1. The van der Waals surface area contributed by atoms with Crippen LogP contribution in [0.15, 0.2) is 17.8 Å². The molecule has 0 amide bonds. The summed E-state index contributed by atoms with van der Waals surface area (Å²) in [5, 5.41) is 2.08. The zero-order chi connectivity index (χ0) is 13.1. The largest absolute Gasteiger partial charge is 0.354 e. The number of hydrogen-bond donors (Lipinski definition) is 1. The lowest BCUT2D eigenvalue weighted by atomic mass is 10.3. The van der Waals surface area contributed by atoms with E-state index in [2.05, 4.69) is 31.2 Å². The van der Waals surface area contributed by atoms with Crippen molar-refractivity contribution in [2.75, 3.05) is 44.2 Å². The number of aromatic nitrogens is 2. The number of nitrogens with zero attached hydrogens (tertiary/aromatic N) is 4. The summed E-state index contributed by atoms with van der Waals surface area (Å²) in [6.45, 7) is 6.00. The quantitative estimate of drug-likeness (QED) is 0.912. The number of rotatable bonds is 3. The van der Waals surface area contributed by atoms with Crippen LogP contribution in [-0.2, 0) is 0 Å². The van der Waals surface area contributed by atoms with Crippen molar-refractivity contribution in [1.82, 2.24) is 14.9 Å². The molecule has 1 saturated heterocycles. The lowest BCUT2D eigenvalue weighted by molar-refractivity contribution is 0.302. The van der Waals surface area contributed by atoms with Crippen molar-refractivity contribution in [3.05, 3.63) is 17.8 Å². The van der Waals surface area contributed by atoms with E-state index >= 15 is 0 Å². The Morgan fingerprint density at radius 3 is 3.05 bits per heavy atom. The van der Waals surface area contributed by atoms with Crippen molar-refractivity contribution in [2.45, 2.75) is 6.42 Å². The zero-order valence-electron chi connectivity index (χ0n) is 11.0. The average molecular weight is 277 g/mol. The molecule has 0 aromatic carbocycles. The highest BCUT2D eigenvalue weighted by Gasteiger charge is 2.18. The van der Waals surface area contributed by atoms with Crippen LogP contribution in [0.2, 0.25) is 0 Å². The van der Waals surface area contributed by atoms with Crippen molar-refractivity contribution >= 4 is 27.4 Å². The molecule has 6 heteroatoms. The van der Waals surface area contributed by atoms with Gasteiger partial charge < -0.3 is 15.5 Å². The Morgan fingerprint density at radius 1 is 1.21 bits per heavy atom. The van der Waals surface area contributed by atoms with Gasteiger partial charge in [-0.1, -0.05) is 0 Å². The highest BCUT2D eigenvalue weighted by Crippen LogP contribution is 2.28. The third-order valence-electron chi connectivity index (χ3n) is 3.56. The van der Waals surface area contributed by atoms with Gasteiger partial charge in [0.25, 0.3) is 0 Å². The average Bonchev–Trinajstić information content (AvgIpc) is 2.79. The van der Waals surface area contributed by atoms with Gasteiger partial charge in [0.1, 0.15) is 12.1 Å². The lowest BCUT2D eigenvalue weighted by Crippen LogP contribution is -2.34. The molecule has 2 N–H and O–H groups in total. The Morgan fingerprint density at radius 2 is 2.16 bits per heavy atom. The first-order valence-electron chi connectivity index (χ1n) is 6.74. The van der Waals surface area contributed by atoms with Crippen molar-refractivity contribution in [3.63, 3.8) is 0 Å². The summed E-state index contributed by atoms with van der Waals surface area (Å²) in [6.07, 6.45) is 2.84. The van der Waals surface area contributed by atoms with Gasteiger partial charge in [-0.2, -0.15) is 0 Å². The third kappa shape index (κ3) is 2.70. The molecular weight excluding hydrogens is 258 g/mol. The smallest absolute Gasteiger partial charge is 0.150 e. The molecule has 1 aliphatic rings. The molecule has 0 spiro atoms. The molecule has 0 aliphatic carbocycles. The minimum Gasteiger partial charge on any atom is -0.354 e. The Hall–Kier alpha value is -1.24. The van der Waals surface area contributed by atoms with E-state index in [1.165, 1.54) is 4.70 Å². The molecule has 3 heterocycles. The molecule has 102 valence electrons. The van der Waals surface area contributed by atoms with E-state index in [0.29, 0.717) is 0 Å². The first-order chi connectivity index (χ1) is 9.38. The standard InChI is InChI=1S/C13H19N5S/c14-3-6-17-4-1-5-18(8-7-17)13-12-11(2-9-19-12)15-10-16-13/h2,9-10H,1,3-8,14H2. The fraction of sp³-hybridized carbons (Fsp3) is 0.538. The minimum absolute atomic E-state index is 0.739. The second-order valence-corrected chi connectivity index (χ2v) is 5.72. The van der Waals surface area contributed by atoms with Gasteiger partial charge in [-0.25, -0.2) is 9.97 Å². The maximum absolute atomic E-state index is 5.64. The van der Waals surface area contributed by atoms with E-state index < -0.39 is 0 Å². The predicted molar refractivity (Wildman–Crippen MR) is 79.7 cm³/mol. The van der Waals surface area contributed by atoms with Crippen LogP contribution in [0.25, 0.3) is 10.2 Å². The van der Waals surface area contributed by atoms with E-state index in [1.54, 1.807) is 17.7 Å². The Bertz CT molecular complexity index is 541. The molecule has 1 aliphatic heterocycles. The molecule has 0 saturated carbocycles. The van der Waals surface area contributed by atoms with Gasteiger partial charge in [-0.05, 0) is 24.4 Å². The maximum atomic E-state index is 5.64. The van der Waals surface area contributed by atoms with Gasteiger partial charge in [-0.15, -0.1) is 11.3 Å². The van der Waals surface area contributed by atoms with Gasteiger partial charge in [0.15, 0.2) is 0 Å². The summed E-state index contributed by atoms with van der Waals surface area (Å²) < 4.78 is 1.20. The highest BCUT2D eigenvalue weighted by atomic mass is 32.1. The predicted octanol–water partition coefficient (Wildman–Crippen LogP) is 1.16. The van der Waals surface area contributed by atoms with Crippen LogP contribution < -0.4 is 10.6 Å². The molecule has 2 aromatic heterocycles. The molecule has 0 radical (unpaired) electrons. The Labute approximate surface area is 117 Å². The SMILES string of the molecule is NCCN1CCCN(c2ncnc3ccsc23)CC1. The summed E-state index contributed by atoms with van der Waals surface area (Å²) in [6, 6.07) is 2.06. The van der Waals surface area contributed by atoms with Crippen LogP contribution in [-0.4, -0.2) is 54.1 Å². The number of thiophene rings is 1. The topological polar surface area (TPSA) is 58.3 Å². The summed E-state index contributed by atoms with van der Waals surface area (Å²) in [5.74, 6) is 1.09. The molecule has 1 fully saturated rings. The van der Waals surface area contributed by atoms with Gasteiger partial charge in [-0.3, -0.25) is 0 Å². The number of hydrogen-bond acceptors (Lipinski definition) is 6. The molecule has 5 nitrogen and oxygen atoms in total. The summed E-state index contributed by atoms with van der Waals surface area (Å²) in [5.41, 5.74) is 6.70. The van der Waals surface area contributed by atoms with Crippen LogP contribution in [0, 0.1) is 0 Å². The van der Waals surface area contributed by atoms with Crippen LogP contribution in [0.3, 0.4) is 0 Å². The van der Waals surface area contributed by atoms with E-state index in [-0.39, 0.29) is 0 Å². The van der Waals surface area contributed by atoms with Gasteiger partial charge in [0, 0.05) is 32.7 Å². The second kappa shape index (κ2) is 5.81. The second-order valence-electron chi connectivity index (χ2n) is 4.80. The Kier molecular flexibility index (Phi) is 3.91. The highest BCUT2D eigenvalue weighted by molar-refractivity contribution is 7.17. The van der Waals surface area contributed by atoms with Crippen LogP contribution >= 0.6 is 11.3 Å². The Balaban J connectivity index is 1.80.